The van der Waals surface area contributed by atoms with Crippen LogP contribution in [0.15, 0.2) is 59.2 Å². The van der Waals surface area contributed by atoms with Crippen molar-refractivity contribution >= 4 is 38.5 Å². The maximum Gasteiger partial charge on any atom is 0.288 e. The Labute approximate surface area is 158 Å². The summed E-state index contributed by atoms with van der Waals surface area (Å²) in [5.41, 5.74) is 5.75. The predicted octanol–water partition coefficient (Wildman–Crippen LogP) is 3.01. The number of hydrogen-bond acceptors (Lipinski definition) is 4. The third-order valence-corrected chi connectivity index (χ3v) is 4.31. The molecule has 0 spiro atoms. The minimum Gasteiger partial charge on any atom is -0.496 e. The van der Waals surface area contributed by atoms with Gasteiger partial charge in [0, 0.05) is 16.2 Å². The van der Waals surface area contributed by atoms with Crippen LogP contribution in [-0.4, -0.2) is 23.9 Å². The number of carbonyl (C=O) groups excluding carboxylic acids is 2. The zero-order valence-electron chi connectivity index (χ0n) is 14.0. The van der Waals surface area contributed by atoms with Crippen LogP contribution in [0.2, 0.25) is 0 Å². The fraction of sp³-hybridized carbons (Fsp3) is 0.105. The Morgan fingerprint density at radius 1 is 1.12 bits per heavy atom. The smallest absolute Gasteiger partial charge is 0.288 e. The number of nitrogens with zero attached hydrogens (tertiary/aromatic N) is 1. The molecule has 0 aliphatic heterocycles. The quantitative estimate of drug-likeness (QED) is 0.644. The summed E-state index contributed by atoms with van der Waals surface area (Å²) in [5.74, 6) is -0.221. The van der Waals surface area contributed by atoms with Gasteiger partial charge >= 0.3 is 0 Å². The Morgan fingerprint density at radius 3 is 2.69 bits per heavy atom. The fourth-order valence-electron chi connectivity index (χ4n) is 2.61. The van der Waals surface area contributed by atoms with Gasteiger partial charge in [-0.05, 0) is 41.1 Å². The summed E-state index contributed by atoms with van der Waals surface area (Å²) in [7, 11) is 1.56. The van der Waals surface area contributed by atoms with Gasteiger partial charge in [-0.25, -0.2) is 0 Å². The number of nitrogens with one attached hydrogen (secondary N) is 2. The van der Waals surface area contributed by atoms with E-state index in [0.29, 0.717) is 5.75 Å². The molecule has 0 fully saturated rings. The normalized spacial score (nSPS) is 10.4. The van der Waals surface area contributed by atoms with Crippen molar-refractivity contribution < 1.29 is 14.3 Å². The lowest BCUT2D eigenvalue weighted by Gasteiger charge is -2.13. The molecule has 0 atom stereocenters. The Bertz CT molecular complexity index is 961. The molecule has 3 aromatic rings. The van der Waals surface area contributed by atoms with Gasteiger partial charge in [-0.3, -0.25) is 25.4 Å². The van der Waals surface area contributed by atoms with Crippen molar-refractivity contribution in [3.63, 3.8) is 0 Å². The monoisotopic (exact) mass is 413 g/mol. The molecular formula is C19H16BrN3O3. The van der Waals surface area contributed by atoms with E-state index in [1.807, 2.05) is 30.3 Å². The number of amides is 2. The van der Waals surface area contributed by atoms with Gasteiger partial charge in [0.25, 0.3) is 5.91 Å². The van der Waals surface area contributed by atoms with E-state index in [1.54, 1.807) is 25.3 Å². The predicted molar refractivity (Wildman–Crippen MR) is 102 cm³/mol. The van der Waals surface area contributed by atoms with E-state index in [2.05, 4.69) is 31.8 Å². The van der Waals surface area contributed by atoms with E-state index in [-0.39, 0.29) is 18.0 Å². The van der Waals surface area contributed by atoms with E-state index in [1.165, 1.54) is 6.20 Å². The summed E-state index contributed by atoms with van der Waals surface area (Å²) in [6.45, 7) is 0. The highest BCUT2D eigenvalue weighted by Crippen LogP contribution is 2.30. The van der Waals surface area contributed by atoms with Gasteiger partial charge in [-0.15, -0.1) is 0 Å². The zero-order valence-corrected chi connectivity index (χ0v) is 15.5. The molecule has 1 heterocycles. The van der Waals surface area contributed by atoms with Crippen molar-refractivity contribution in [1.29, 1.82) is 0 Å². The number of hydrazine groups is 1. The number of rotatable bonds is 4. The Hall–Kier alpha value is -2.93. The first-order chi connectivity index (χ1) is 12.6. The summed E-state index contributed by atoms with van der Waals surface area (Å²) < 4.78 is 6.34. The third kappa shape index (κ3) is 4.00. The van der Waals surface area contributed by atoms with Gasteiger partial charge in [0.1, 0.15) is 11.4 Å². The summed E-state index contributed by atoms with van der Waals surface area (Å²) in [6, 6.07) is 14.5. The summed E-state index contributed by atoms with van der Waals surface area (Å²) in [4.78, 5) is 28.2. The number of hydrogen-bond donors (Lipinski definition) is 2. The zero-order chi connectivity index (χ0) is 18.5. The maximum atomic E-state index is 12.3. The van der Waals surface area contributed by atoms with Gasteiger partial charge < -0.3 is 4.74 Å². The Morgan fingerprint density at radius 2 is 1.96 bits per heavy atom. The average Bonchev–Trinajstić information content (AvgIpc) is 2.66. The van der Waals surface area contributed by atoms with Crippen LogP contribution in [0.5, 0.6) is 5.75 Å². The molecule has 3 rings (SSSR count). The number of benzene rings is 2. The molecular weight excluding hydrogens is 398 g/mol. The van der Waals surface area contributed by atoms with Crippen LogP contribution in [0.25, 0.3) is 10.8 Å². The van der Waals surface area contributed by atoms with Crippen molar-refractivity contribution in [1.82, 2.24) is 15.8 Å². The van der Waals surface area contributed by atoms with Crippen molar-refractivity contribution in [2.45, 2.75) is 6.42 Å². The molecule has 1 aromatic heterocycles. The van der Waals surface area contributed by atoms with Crippen molar-refractivity contribution in [3.8, 4) is 5.75 Å². The summed E-state index contributed by atoms with van der Waals surface area (Å²) >= 11 is 3.44. The van der Waals surface area contributed by atoms with E-state index in [4.69, 9.17) is 4.74 Å². The minimum absolute atomic E-state index is 0.0602. The molecule has 6 nitrogen and oxygen atoms in total. The first-order valence-corrected chi connectivity index (χ1v) is 8.63. The molecule has 0 saturated carbocycles. The molecule has 26 heavy (non-hydrogen) atoms. The third-order valence-electron chi connectivity index (χ3n) is 3.82. The lowest BCUT2D eigenvalue weighted by atomic mass is 10.0. The molecule has 2 N–H and O–H groups in total. The topological polar surface area (TPSA) is 80.3 Å². The van der Waals surface area contributed by atoms with Crippen molar-refractivity contribution in [2.24, 2.45) is 0 Å². The van der Waals surface area contributed by atoms with Crippen LogP contribution in [0.4, 0.5) is 0 Å². The minimum atomic E-state index is -0.479. The molecule has 7 heteroatoms. The standard InChI is InChI=1S/C19H16BrN3O3/c1-26-17-8-5-12-10-13(20)6-7-14(12)15(17)11-18(24)22-23-19(25)16-4-2-3-9-21-16/h2-10H,11H2,1H3,(H,22,24)(H,23,25). The fourth-order valence-corrected chi connectivity index (χ4v) is 2.99. The number of carbonyl (C=O) groups is 2. The maximum absolute atomic E-state index is 12.3. The van der Waals surface area contributed by atoms with E-state index in [9.17, 15) is 9.59 Å². The SMILES string of the molecule is COc1ccc2cc(Br)ccc2c1CC(=O)NNC(=O)c1ccccn1. The van der Waals surface area contributed by atoms with Gasteiger partial charge in [-0.2, -0.15) is 0 Å². The van der Waals surface area contributed by atoms with Crippen LogP contribution in [-0.2, 0) is 11.2 Å². The molecule has 0 aliphatic carbocycles. The Balaban J connectivity index is 1.75. The lowest BCUT2D eigenvalue weighted by Crippen LogP contribution is -2.42. The number of halogens is 1. The Kier molecular flexibility index (Phi) is 5.48. The number of pyridine rings is 1. The van der Waals surface area contributed by atoms with Gasteiger partial charge in [0.05, 0.1) is 13.5 Å². The van der Waals surface area contributed by atoms with E-state index < -0.39 is 5.91 Å². The molecule has 0 aliphatic rings. The van der Waals surface area contributed by atoms with Crippen LogP contribution in [0.3, 0.4) is 0 Å². The average molecular weight is 414 g/mol. The van der Waals surface area contributed by atoms with Gasteiger partial charge in [0.2, 0.25) is 5.91 Å². The highest BCUT2D eigenvalue weighted by atomic mass is 79.9. The highest BCUT2D eigenvalue weighted by Gasteiger charge is 2.14. The van der Waals surface area contributed by atoms with E-state index >= 15 is 0 Å². The number of ether oxygens (including phenoxy) is 1. The van der Waals surface area contributed by atoms with Gasteiger partial charge in [0.15, 0.2) is 0 Å². The van der Waals surface area contributed by atoms with Gasteiger partial charge in [-0.1, -0.05) is 34.1 Å². The van der Waals surface area contributed by atoms with Crippen LogP contribution in [0.1, 0.15) is 16.1 Å². The second-order valence-corrected chi connectivity index (χ2v) is 6.42. The first-order valence-electron chi connectivity index (χ1n) is 7.84. The molecule has 0 bridgehead atoms. The van der Waals surface area contributed by atoms with Crippen molar-refractivity contribution in [2.75, 3.05) is 7.11 Å². The molecule has 0 saturated heterocycles. The number of fused-ring (bicyclic) bond motifs is 1. The number of aromatic nitrogens is 1. The second kappa shape index (κ2) is 7.97. The van der Waals surface area contributed by atoms with Crippen LogP contribution in [0, 0.1) is 0 Å². The van der Waals surface area contributed by atoms with Crippen molar-refractivity contribution in [3.05, 3.63) is 70.5 Å². The summed E-state index contributed by atoms with van der Waals surface area (Å²) in [5, 5.41) is 1.90. The largest absolute Gasteiger partial charge is 0.496 e. The second-order valence-electron chi connectivity index (χ2n) is 5.51. The molecule has 132 valence electrons. The van der Waals surface area contributed by atoms with E-state index in [0.717, 1.165) is 20.8 Å². The highest BCUT2D eigenvalue weighted by molar-refractivity contribution is 9.10. The lowest BCUT2D eigenvalue weighted by molar-refractivity contribution is -0.121. The number of methoxy groups -OCH3 is 1. The molecule has 0 radical (unpaired) electrons. The first kappa shape index (κ1) is 17.9. The van der Waals surface area contributed by atoms with Crippen LogP contribution < -0.4 is 15.6 Å². The summed E-state index contributed by atoms with van der Waals surface area (Å²) in [6.07, 6.45) is 1.57. The molecule has 2 amide bonds. The molecule has 2 aromatic carbocycles. The van der Waals surface area contributed by atoms with Crippen LogP contribution >= 0.6 is 15.9 Å². The molecule has 0 unspecified atom stereocenters.